The van der Waals surface area contributed by atoms with Gasteiger partial charge in [0, 0.05) is 5.56 Å². The van der Waals surface area contributed by atoms with Gasteiger partial charge in [-0.05, 0) is 36.0 Å². The Morgan fingerprint density at radius 1 is 1.26 bits per heavy atom. The lowest BCUT2D eigenvalue weighted by Crippen LogP contribution is -2.21. The van der Waals surface area contributed by atoms with Crippen molar-refractivity contribution >= 4 is 11.5 Å². The van der Waals surface area contributed by atoms with Crippen molar-refractivity contribution in [1.82, 2.24) is 15.5 Å². The van der Waals surface area contributed by atoms with Gasteiger partial charge in [0.05, 0.1) is 11.7 Å². The van der Waals surface area contributed by atoms with Gasteiger partial charge in [-0.25, -0.2) is 0 Å². The van der Waals surface area contributed by atoms with Crippen molar-refractivity contribution < 1.29 is 4.79 Å². The number of hydrogen-bond acceptors (Lipinski definition) is 2. The summed E-state index contributed by atoms with van der Waals surface area (Å²) in [5.74, 6) is -0.0738. The van der Waals surface area contributed by atoms with E-state index >= 15 is 0 Å². The van der Waals surface area contributed by atoms with Gasteiger partial charge in [0.2, 0.25) is 0 Å². The van der Waals surface area contributed by atoms with Gasteiger partial charge in [-0.2, -0.15) is 5.10 Å². The molecule has 0 saturated carbocycles. The number of nitrogens with one attached hydrogen (secondary N) is 2. The van der Waals surface area contributed by atoms with E-state index in [4.69, 9.17) is 0 Å². The number of amides is 1. The molecule has 2 N–H and O–H groups in total. The molecule has 116 valence electrons. The van der Waals surface area contributed by atoms with Crippen molar-refractivity contribution in [2.75, 3.05) is 0 Å². The number of nitrogens with zero attached hydrogens (tertiary/aromatic N) is 1. The summed E-state index contributed by atoms with van der Waals surface area (Å²) in [6.07, 6.45) is 9.31. The topological polar surface area (TPSA) is 57.8 Å². The first-order valence-corrected chi connectivity index (χ1v) is 8.12. The van der Waals surface area contributed by atoms with Crippen LogP contribution < -0.4 is 5.32 Å². The highest BCUT2D eigenvalue weighted by Crippen LogP contribution is 2.37. The number of allylic oxidation sites excluding steroid dienone is 4. The summed E-state index contributed by atoms with van der Waals surface area (Å²) in [5, 5.41) is 10.4. The second-order valence-electron chi connectivity index (χ2n) is 6.02. The molecule has 4 heteroatoms. The number of hydrogen-bond donors (Lipinski definition) is 2. The summed E-state index contributed by atoms with van der Waals surface area (Å²) in [5.41, 5.74) is 6.10. The van der Waals surface area contributed by atoms with Gasteiger partial charge in [-0.3, -0.25) is 9.89 Å². The number of benzene rings is 1. The molecule has 0 bridgehead atoms. The van der Waals surface area contributed by atoms with E-state index in [1.54, 1.807) is 0 Å². The molecular formula is C19H19N3O. The average Bonchev–Trinajstić information content (AvgIpc) is 3.17. The summed E-state index contributed by atoms with van der Waals surface area (Å²) in [7, 11) is 0. The number of aromatic nitrogens is 2. The zero-order valence-corrected chi connectivity index (χ0v) is 13.1. The van der Waals surface area contributed by atoms with Crippen LogP contribution in [0.2, 0.25) is 0 Å². The normalized spacial score (nSPS) is 19.4. The van der Waals surface area contributed by atoms with E-state index in [1.807, 2.05) is 0 Å². The number of aryl methyl sites for hydroxylation is 1. The maximum atomic E-state index is 12.3. The Balaban J connectivity index is 1.78. The van der Waals surface area contributed by atoms with Gasteiger partial charge >= 0.3 is 0 Å². The van der Waals surface area contributed by atoms with Crippen molar-refractivity contribution in [3.8, 4) is 0 Å². The summed E-state index contributed by atoms with van der Waals surface area (Å²) in [6.45, 7) is 2.14. The van der Waals surface area contributed by atoms with Crippen molar-refractivity contribution in [3.05, 3.63) is 70.6 Å². The van der Waals surface area contributed by atoms with Crippen LogP contribution in [0.5, 0.6) is 0 Å². The average molecular weight is 305 g/mol. The molecule has 1 unspecified atom stereocenters. The third-order valence-corrected chi connectivity index (χ3v) is 4.63. The van der Waals surface area contributed by atoms with Crippen LogP contribution in [-0.4, -0.2) is 16.1 Å². The Bertz CT molecular complexity index is 812. The predicted octanol–water partition coefficient (Wildman–Crippen LogP) is 3.54. The molecule has 4 rings (SSSR count). The standard InChI is InChI=1S/C19H19N3O/c1-2-12-8-10-14(11-9-12)16-15-17(13-6-4-3-5-7-13)21-22-18(15)19(23)20-16/h3-4,6,8-11,16H,2,5,7H2,1H3,(H,20,23)(H,21,22). The van der Waals surface area contributed by atoms with Crippen molar-refractivity contribution in [3.63, 3.8) is 0 Å². The minimum Gasteiger partial charge on any atom is -0.340 e. The summed E-state index contributed by atoms with van der Waals surface area (Å²) < 4.78 is 0. The van der Waals surface area contributed by atoms with Gasteiger partial charge in [0.25, 0.3) is 5.91 Å². The van der Waals surface area contributed by atoms with E-state index < -0.39 is 0 Å². The Morgan fingerprint density at radius 3 is 2.78 bits per heavy atom. The fourth-order valence-electron chi connectivity index (χ4n) is 3.32. The molecule has 23 heavy (non-hydrogen) atoms. The SMILES string of the molecule is CCc1ccc(C2NC(=O)c3[nH]nc(C4=CC=CCC4)c32)cc1. The Labute approximate surface area is 135 Å². The number of fused-ring (bicyclic) bond motifs is 1. The highest BCUT2D eigenvalue weighted by Gasteiger charge is 2.35. The monoisotopic (exact) mass is 305 g/mol. The van der Waals surface area contributed by atoms with Gasteiger partial charge in [0.15, 0.2) is 0 Å². The summed E-state index contributed by atoms with van der Waals surface area (Å²) in [4.78, 5) is 12.3. The molecule has 1 amide bonds. The van der Waals surface area contributed by atoms with Gasteiger partial charge in [-0.1, -0.05) is 49.4 Å². The molecule has 1 aromatic carbocycles. The van der Waals surface area contributed by atoms with Crippen molar-refractivity contribution in [2.45, 2.75) is 32.2 Å². The molecule has 0 radical (unpaired) electrons. The van der Waals surface area contributed by atoms with Crippen LogP contribution in [0, 0.1) is 0 Å². The maximum Gasteiger partial charge on any atom is 0.270 e. The molecule has 2 aromatic rings. The lowest BCUT2D eigenvalue weighted by Gasteiger charge is -2.15. The van der Waals surface area contributed by atoms with Crippen LogP contribution in [-0.2, 0) is 6.42 Å². The molecular weight excluding hydrogens is 286 g/mol. The van der Waals surface area contributed by atoms with E-state index in [0.717, 1.165) is 36.1 Å². The zero-order chi connectivity index (χ0) is 15.8. The quantitative estimate of drug-likeness (QED) is 0.911. The van der Waals surface area contributed by atoms with E-state index in [2.05, 4.69) is 64.9 Å². The molecule has 2 aliphatic rings. The molecule has 2 heterocycles. The minimum atomic E-state index is -0.121. The second-order valence-corrected chi connectivity index (χ2v) is 6.02. The fourth-order valence-corrected chi connectivity index (χ4v) is 3.32. The Kier molecular flexibility index (Phi) is 3.37. The maximum absolute atomic E-state index is 12.3. The van der Waals surface area contributed by atoms with E-state index in [9.17, 15) is 4.79 Å². The summed E-state index contributed by atoms with van der Waals surface area (Å²) in [6, 6.07) is 8.34. The lowest BCUT2D eigenvalue weighted by atomic mass is 9.93. The number of H-pyrrole nitrogens is 1. The summed E-state index contributed by atoms with van der Waals surface area (Å²) >= 11 is 0. The van der Waals surface area contributed by atoms with E-state index in [-0.39, 0.29) is 11.9 Å². The Hall–Kier alpha value is -2.62. The van der Waals surface area contributed by atoms with Crippen LogP contribution >= 0.6 is 0 Å². The van der Waals surface area contributed by atoms with E-state index in [1.165, 1.54) is 11.1 Å². The first kappa shape index (κ1) is 14.0. The first-order valence-electron chi connectivity index (χ1n) is 8.12. The van der Waals surface area contributed by atoms with Gasteiger partial charge in [-0.15, -0.1) is 0 Å². The molecule has 1 atom stereocenters. The van der Waals surface area contributed by atoms with Crippen LogP contribution in [0.4, 0.5) is 0 Å². The first-order chi connectivity index (χ1) is 11.3. The van der Waals surface area contributed by atoms with Gasteiger partial charge < -0.3 is 5.32 Å². The molecule has 1 aliphatic carbocycles. The van der Waals surface area contributed by atoms with Crippen LogP contribution in [0.1, 0.15) is 58.7 Å². The Morgan fingerprint density at radius 2 is 2.09 bits per heavy atom. The van der Waals surface area contributed by atoms with Crippen LogP contribution in [0.3, 0.4) is 0 Å². The minimum absolute atomic E-state index is 0.0738. The molecule has 0 saturated heterocycles. The predicted molar refractivity (Wildman–Crippen MR) is 90.1 cm³/mol. The smallest absolute Gasteiger partial charge is 0.270 e. The fraction of sp³-hybridized carbons (Fsp3) is 0.263. The molecule has 1 aliphatic heterocycles. The third-order valence-electron chi connectivity index (χ3n) is 4.63. The second kappa shape index (κ2) is 5.54. The van der Waals surface area contributed by atoms with Crippen LogP contribution in [0.15, 0.2) is 42.5 Å². The third kappa shape index (κ3) is 2.31. The highest BCUT2D eigenvalue weighted by atomic mass is 16.2. The zero-order valence-electron chi connectivity index (χ0n) is 13.1. The number of rotatable bonds is 3. The van der Waals surface area contributed by atoms with Crippen molar-refractivity contribution in [2.24, 2.45) is 0 Å². The van der Waals surface area contributed by atoms with E-state index in [0.29, 0.717) is 5.69 Å². The van der Waals surface area contributed by atoms with Gasteiger partial charge in [0.1, 0.15) is 5.69 Å². The molecule has 0 fully saturated rings. The number of aromatic amines is 1. The molecule has 1 aromatic heterocycles. The molecule has 0 spiro atoms. The number of carbonyl (C=O) groups is 1. The molecule has 4 nitrogen and oxygen atoms in total. The van der Waals surface area contributed by atoms with Crippen molar-refractivity contribution in [1.29, 1.82) is 0 Å². The number of carbonyl (C=O) groups excluding carboxylic acids is 1. The van der Waals surface area contributed by atoms with Crippen LogP contribution in [0.25, 0.3) is 5.57 Å². The lowest BCUT2D eigenvalue weighted by molar-refractivity contribution is 0.0955. The largest absolute Gasteiger partial charge is 0.340 e. The highest BCUT2D eigenvalue weighted by molar-refractivity contribution is 5.99.